The van der Waals surface area contributed by atoms with E-state index >= 15 is 0 Å². The number of hydrogen-bond acceptors (Lipinski definition) is 3. The van der Waals surface area contributed by atoms with Gasteiger partial charge in [-0.25, -0.2) is 0 Å². The zero-order valence-corrected chi connectivity index (χ0v) is 13.5. The minimum Gasteiger partial charge on any atom is -0.493 e. The van der Waals surface area contributed by atoms with Crippen molar-refractivity contribution in [1.29, 1.82) is 0 Å². The van der Waals surface area contributed by atoms with Gasteiger partial charge in [0.2, 0.25) is 5.91 Å². The van der Waals surface area contributed by atoms with Gasteiger partial charge in [-0.1, -0.05) is 19.1 Å². The van der Waals surface area contributed by atoms with E-state index in [1.807, 2.05) is 11.0 Å². The SMILES string of the molecule is CCCOc1ccc(CCN2CCC(=O)NC2=S)cc1C. The zero-order chi connectivity index (χ0) is 15.2. The molecule has 0 spiro atoms. The molecule has 21 heavy (non-hydrogen) atoms. The smallest absolute Gasteiger partial charge is 0.227 e. The molecule has 0 bridgehead atoms. The van der Waals surface area contributed by atoms with Gasteiger partial charge in [0.25, 0.3) is 0 Å². The quantitative estimate of drug-likeness (QED) is 0.820. The molecular weight excluding hydrogens is 284 g/mol. The molecular formula is C16H22N2O2S. The van der Waals surface area contributed by atoms with Crippen LogP contribution in [0.25, 0.3) is 0 Å². The van der Waals surface area contributed by atoms with Crippen molar-refractivity contribution in [2.75, 3.05) is 19.7 Å². The maximum Gasteiger partial charge on any atom is 0.227 e. The zero-order valence-electron chi connectivity index (χ0n) is 12.6. The Balaban J connectivity index is 1.90. The first kappa shape index (κ1) is 15.8. The van der Waals surface area contributed by atoms with Crippen LogP contribution in [-0.4, -0.2) is 35.6 Å². The number of nitrogens with zero attached hydrogens (tertiary/aromatic N) is 1. The van der Waals surface area contributed by atoms with Crippen molar-refractivity contribution in [3.63, 3.8) is 0 Å². The van der Waals surface area contributed by atoms with Crippen LogP contribution in [0.2, 0.25) is 0 Å². The van der Waals surface area contributed by atoms with Crippen LogP contribution in [0, 0.1) is 6.92 Å². The molecule has 0 unspecified atom stereocenters. The summed E-state index contributed by atoms with van der Waals surface area (Å²) in [5, 5.41) is 3.25. The van der Waals surface area contributed by atoms with Crippen molar-refractivity contribution in [2.24, 2.45) is 0 Å². The molecule has 1 aliphatic heterocycles. The minimum atomic E-state index is 0.0181. The summed E-state index contributed by atoms with van der Waals surface area (Å²) in [5.41, 5.74) is 2.42. The number of thiocarbonyl (C=S) groups is 1. The van der Waals surface area contributed by atoms with E-state index in [9.17, 15) is 4.79 Å². The molecule has 0 radical (unpaired) electrons. The second kappa shape index (κ2) is 7.41. The van der Waals surface area contributed by atoms with Crippen molar-refractivity contribution >= 4 is 23.2 Å². The maximum atomic E-state index is 11.2. The highest BCUT2D eigenvalue weighted by molar-refractivity contribution is 7.80. The third-order valence-electron chi connectivity index (χ3n) is 3.51. The van der Waals surface area contributed by atoms with Gasteiger partial charge in [0.15, 0.2) is 5.11 Å². The van der Waals surface area contributed by atoms with E-state index in [2.05, 4.69) is 31.3 Å². The Hall–Kier alpha value is -1.62. The lowest BCUT2D eigenvalue weighted by Crippen LogP contribution is -2.49. The summed E-state index contributed by atoms with van der Waals surface area (Å²) < 4.78 is 5.69. The summed E-state index contributed by atoms with van der Waals surface area (Å²) in [6.45, 7) is 6.46. The molecule has 1 aromatic rings. The van der Waals surface area contributed by atoms with Gasteiger partial charge in [-0.05, 0) is 49.2 Å². The van der Waals surface area contributed by atoms with Crippen LogP contribution in [0.15, 0.2) is 18.2 Å². The molecule has 114 valence electrons. The third-order valence-corrected chi connectivity index (χ3v) is 3.87. The first-order valence-corrected chi connectivity index (χ1v) is 7.82. The summed E-state index contributed by atoms with van der Waals surface area (Å²) in [7, 11) is 0. The lowest BCUT2D eigenvalue weighted by atomic mass is 10.1. The normalized spacial score (nSPS) is 15.0. The number of carbonyl (C=O) groups is 1. The molecule has 1 fully saturated rings. The fourth-order valence-corrected chi connectivity index (χ4v) is 2.61. The Kier molecular flexibility index (Phi) is 5.56. The maximum absolute atomic E-state index is 11.2. The molecule has 1 heterocycles. The molecule has 1 saturated heterocycles. The standard InChI is InChI=1S/C16H22N2O2S/c1-3-10-20-14-5-4-13(11-12(14)2)6-8-18-9-7-15(19)17-16(18)21/h4-5,11H,3,6-10H2,1-2H3,(H,17,19,21). The van der Waals surface area contributed by atoms with E-state index in [1.54, 1.807) is 0 Å². The summed E-state index contributed by atoms with van der Waals surface area (Å²) in [6.07, 6.45) is 2.44. The van der Waals surface area contributed by atoms with E-state index in [-0.39, 0.29) is 5.91 Å². The molecule has 0 atom stereocenters. The van der Waals surface area contributed by atoms with Gasteiger partial charge in [-0.2, -0.15) is 0 Å². The van der Waals surface area contributed by atoms with Crippen molar-refractivity contribution in [3.8, 4) is 5.75 Å². The lowest BCUT2D eigenvalue weighted by molar-refractivity contribution is -0.120. The predicted octanol–water partition coefficient (Wildman–Crippen LogP) is 2.43. The summed E-state index contributed by atoms with van der Waals surface area (Å²) in [4.78, 5) is 13.3. The molecule has 4 nitrogen and oxygen atoms in total. The Morgan fingerprint density at radius 1 is 1.43 bits per heavy atom. The van der Waals surface area contributed by atoms with Crippen LogP contribution in [-0.2, 0) is 11.2 Å². The van der Waals surface area contributed by atoms with E-state index in [4.69, 9.17) is 17.0 Å². The Morgan fingerprint density at radius 3 is 2.90 bits per heavy atom. The molecule has 0 aliphatic carbocycles. The number of hydrogen-bond donors (Lipinski definition) is 1. The van der Waals surface area contributed by atoms with Gasteiger partial charge >= 0.3 is 0 Å². The average Bonchev–Trinajstić information content (AvgIpc) is 2.45. The Labute approximate surface area is 131 Å². The van der Waals surface area contributed by atoms with Crippen LogP contribution >= 0.6 is 12.2 Å². The van der Waals surface area contributed by atoms with Gasteiger partial charge in [0.05, 0.1) is 6.61 Å². The highest BCUT2D eigenvalue weighted by atomic mass is 32.1. The van der Waals surface area contributed by atoms with Gasteiger partial charge in [-0.15, -0.1) is 0 Å². The lowest BCUT2D eigenvalue weighted by Gasteiger charge is -2.29. The second-order valence-corrected chi connectivity index (χ2v) is 5.68. The topological polar surface area (TPSA) is 41.6 Å². The number of benzene rings is 1. The number of ether oxygens (including phenoxy) is 1. The van der Waals surface area contributed by atoms with Crippen molar-refractivity contribution in [1.82, 2.24) is 10.2 Å². The Morgan fingerprint density at radius 2 is 2.24 bits per heavy atom. The molecule has 1 aliphatic rings. The number of nitrogens with one attached hydrogen (secondary N) is 1. The van der Waals surface area contributed by atoms with Crippen LogP contribution in [0.4, 0.5) is 0 Å². The molecule has 0 aromatic heterocycles. The Bertz CT molecular complexity index is 531. The van der Waals surface area contributed by atoms with Gasteiger partial charge in [0, 0.05) is 19.5 Å². The van der Waals surface area contributed by atoms with Crippen molar-refractivity contribution in [3.05, 3.63) is 29.3 Å². The van der Waals surface area contributed by atoms with Crippen LogP contribution in [0.5, 0.6) is 5.75 Å². The van der Waals surface area contributed by atoms with Crippen molar-refractivity contribution in [2.45, 2.75) is 33.1 Å². The van der Waals surface area contributed by atoms with Gasteiger partial charge < -0.3 is 15.0 Å². The van der Waals surface area contributed by atoms with Crippen LogP contribution < -0.4 is 10.1 Å². The molecule has 1 amide bonds. The van der Waals surface area contributed by atoms with Gasteiger partial charge in [0.1, 0.15) is 5.75 Å². The number of aryl methyl sites for hydroxylation is 1. The molecule has 1 N–H and O–H groups in total. The highest BCUT2D eigenvalue weighted by Crippen LogP contribution is 2.20. The summed E-state index contributed by atoms with van der Waals surface area (Å²) >= 11 is 5.19. The first-order valence-electron chi connectivity index (χ1n) is 7.41. The van der Waals surface area contributed by atoms with E-state index in [1.165, 1.54) is 5.56 Å². The number of amides is 1. The fraction of sp³-hybridized carbons (Fsp3) is 0.500. The van der Waals surface area contributed by atoms with E-state index in [0.717, 1.165) is 37.3 Å². The van der Waals surface area contributed by atoms with Crippen LogP contribution in [0.1, 0.15) is 30.9 Å². The summed E-state index contributed by atoms with van der Waals surface area (Å²) in [6, 6.07) is 6.30. The van der Waals surface area contributed by atoms with Crippen LogP contribution in [0.3, 0.4) is 0 Å². The molecule has 5 heteroatoms. The number of carbonyl (C=O) groups excluding carboxylic acids is 1. The molecule has 0 saturated carbocycles. The average molecular weight is 306 g/mol. The van der Waals surface area contributed by atoms with E-state index in [0.29, 0.717) is 18.1 Å². The van der Waals surface area contributed by atoms with Crippen molar-refractivity contribution < 1.29 is 9.53 Å². The molecule has 1 aromatic carbocycles. The predicted molar refractivity (Wildman–Crippen MR) is 87.6 cm³/mol. The number of rotatable bonds is 6. The third kappa shape index (κ3) is 4.43. The fourth-order valence-electron chi connectivity index (χ4n) is 2.32. The monoisotopic (exact) mass is 306 g/mol. The molecule has 2 rings (SSSR count). The first-order chi connectivity index (χ1) is 10.1. The highest BCUT2D eigenvalue weighted by Gasteiger charge is 2.19. The second-order valence-electron chi connectivity index (χ2n) is 5.29. The van der Waals surface area contributed by atoms with Gasteiger partial charge in [-0.3, -0.25) is 4.79 Å². The van der Waals surface area contributed by atoms with E-state index < -0.39 is 0 Å². The summed E-state index contributed by atoms with van der Waals surface area (Å²) in [5.74, 6) is 0.978. The largest absolute Gasteiger partial charge is 0.493 e. The minimum absolute atomic E-state index is 0.0181.